The minimum absolute atomic E-state index is 0. The van der Waals surface area contributed by atoms with Gasteiger partial charge in [0.05, 0.1) is 0 Å². The van der Waals surface area contributed by atoms with Crippen LogP contribution in [0.1, 0.15) is 52.4 Å². The molecule has 3 fully saturated rings. The van der Waals surface area contributed by atoms with E-state index in [1.807, 2.05) is 11.8 Å². The molecule has 142 valence electrons. The third kappa shape index (κ3) is 3.49. The quantitative estimate of drug-likeness (QED) is 0.712. The Kier molecular flexibility index (Phi) is 6.32. The van der Waals surface area contributed by atoms with Crippen molar-refractivity contribution in [3.05, 3.63) is 0 Å². The summed E-state index contributed by atoms with van der Waals surface area (Å²) in [5.41, 5.74) is -0.754. The van der Waals surface area contributed by atoms with Gasteiger partial charge in [-0.2, -0.15) is 0 Å². The predicted octanol–water partition coefficient (Wildman–Crippen LogP) is 1.26. The second-order valence-corrected chi connectivity index (χ2v) is 7.25. The van der Waals surface area contributed by atoms with Crippen molar-refractivity contribution < 1.29 is 14.4 Å². The molecule has 0 aromatic heterocycles. The third-order valence-electron chi connectivity index (χ3n) is 5.62. The zero-order chi connectivity index (χ0) is 17.3. The van der Waals surface area contributed by atoms with Crippen molar-refractivity contribution in [2.24, 2.45) is 0 Å². The summed E-state index contributed by atoms with van der Waals surface area (Å²) in [6, 6.07) is -1.01. The molecule has 2 unspecified atom stereocenters. The Morgan fingerprint density at radius 2 is 2.04 bits per heavy atom. The number of nitrogens with zero attached hydrogens (tertiary/aromatic N) is 2. The molecule has 4 amide bonds. The van der Waals surface area contributed by atoms with Crippen LogP contribution in [0, 0.1) is 0 Å². The Morgan fingerprint density at radius 1 is 1.36 bits per heavy atom. The average Bonchev–Trinajstić information content (AvgIpc) is 3.27. The molecule has 7 nitrogen and oxygen atoms in total. The van der Waals surface area contributed by atoms with Gasteiger partial charge in [-0.15, -0.1) is 12.4 Å². The zero-order valence-electron chi connectivity index (χ0n) is 15.0. The van der Waals surface area contributed by atoms with Crippen molar-refractivity contribution >= 4 is 30.3 Å². The molecule has 2 saturated heterocycles. The number of carbonyl (C=O) groups excluding carboxylic acids is 3. The molecule has 1 aliphatic carbocycles. The van der Waals surface area contributed by atoms with Gasteiger partial charge in [-0.3, -0.25) is 9.59 Å². The molecule has 2 N–H and O–H groups in total. The fourth-order valence-corrected chi connectivity index (χ4v) is 4.28. The topological polar surface area (TPSA) is 81.8 Å². The van der Waals surface area contributed by atoms with Crippen LogP contribution in [0.4, 0.5) is 4.79 Å². The van der Waals surface area contributed by atoms with Gasteiger partial charge in [-0.1, -0.05) is 19.8 Å². The van der Waals surface area contributed by atoms with Crippen molar-refractivity contribution in [2.75, 3.05) is 19.6 Å². The fourth-order valence-electron chi connectivity index (χ4n) is 4.28. The number of carbonyl (C=O) groups is 3. The van der Waals surface area contributed by atoms with E-state index in [4.69, 9.17) is 0 Å². The van der Waals surface area contributed by atoms with Crippen molar-refractivity contribution in [1.29, 1.82) is 0 Å². The summed E-state index contributed by atoms with van der Waals surface area (Å²) < 4.78 is 0. The van der Waals surface area contributed by atoms with Gasteiger partial charge in [0, 0.05) is 19.1 Å². The lowest BCUT2D eigenvalue weighted by molar-refractivity contribution is -0.144. The van der Waals surface area contributed by atoms with Crippen molar-refractivity contribution in [2.45, 2.75) is 70.0 Å². The summed E-state index contributed by atoms with van der Waals surface area (Å²) in [7, 11) is 0. The van der Waals surface area contributed by atoms with Crippen molar-refractivity contribution in [3.63, 3.8) is 0 Å². The molecule has 2 heterocycles. The second kappa shape index (κ2) is 7.91. The number of hydrogen-bond donors (Lipinski definition) is 2. The Morgan fingerprint density at radius 3 is 2.60 bits per heavy atom. The highest BCUT2D eigenvalue weighted by Crippen LogP contribution is 2.36. The molecule has 25 heavy (non-hydrogen) atoms. The molecular weight excluding hydrogens is 344 g/mol. The molecule has 1 saturated carbocycles. The maximum atomic E-state index is 13.0. The summed E-state index contributed by atoms with van der Waals surface area (Å²) in [5.74, 6) is -0.337. The first kappa shape index (κ1) is 20.0. The van der Waals surface area contributed by atoms with Gasteiger partial charge in [0.2, 0.25) is 5.91 Å². The standard InChI is InChI=1S/C17H28N4O3.ClH/c1-3-10-20(13-6-9-18-11-13)14(22)12(2)21-15(23)17(19-16(21)24)7-4-5-8-17;/h12-13,18H,3-11H2,1-2H3,(H,19,24);1H. The van der Waals surface area contributed by atoms with Crippen LogP contribution in [0.15, 0.2) is 0 Å². The number of rotatable bonds is 5. The Hall–Kier alpha value is -1.34. The smallest absolute Gasteiger partial charge is 0.325 e. The highest BCUT2D eigenvalue weighted by Gasteiger charge is 2.55. The van der Waals surface area contributed by atoms with E-state index in [1.54, 1.807) is 6.92 Å². The van der Waals surface area contributed by atoms with Gasteiger partial charge in [0.1, 0.15) is 11.6 Å². The fraction of sp³-hybridized carbons (Fsp3) is 0.824. The van der Waals surface area contributed by atoms with Crippen LogP contribution in [0.25, 0.3) is 0 Å². The third-order valence-corrected chi connectivity index (χ3v) is 5.62. The van der Waals surface area contributed by atoms with Crippen LogP contribution < -0.4 is 10.6 Å². The summed E-state index contributed by atoms with van der Waals surface area (Å²) >= 11 is 0. The normalized spacial score (nSPS) is 25.8. The highest BCUT2D eigenvalue weighted by atomic mass is 35.5. The van der Waals surface area contributed by atoms with Crippen LogP contribution in [0.2, 0.25) is 0 Å². The molecule has 3 rings (SSSR count). The lowest BCUT2D eigenvalue weighted by Crippen LogP contribution is -2.54. The van der Waals surface area contributed by atoms with Crippen molar-refractivity contribution in [3.8, 4) is 0 Å². The maximum absolute atomic E-state index is 13.0. The van der Waals surface area contributed by atoms with Crippen LogP contribution >= 0.6 is 12.4 Å². The minimum Gasteiger partial charge on any atom is -0.337 e. The van der Waals surface area contributed by atoms with E-state index >= 15 is 0 Å². The van der Waals surface area contributed by atoms with Gasteiger partial charge < -0.3 is 15.5 Å². The molecular formula is C17H29ClN4O3. The van der Waals surface area contributed by atoms with E-state index in [9.17, 15) is 14.4 Å². The Balaban J connectivity index is 0.00000225. The number of halogens is 1. The van der Waals surface area contributed by atoms with Gasteiger partial charge in [-0.05, 0) is 39.2 Å². The summed E-state index contributed by atoms with van der Waals surface area (Å²) in [4.78, 5) is 41.3. The van der Waals surface area contributed by atoms with Gasteiger partial charge in [-0.25, -0.2) is 9.69 Å². The average molecular weight is 373 g/mol. The van der Waals surface area contributed by atoms with E-state index in [-0.39, 0.29) is 30.3 Å². The largest absolute Gasteiger partial charge is 0.337 e. The maximum Gasteiger partial charge on any atom is 0.325 e. The Labute approximate surface area is 155 Å². The van der Waals surface area contributed by atoms with Crippen LogP contribution in [0.5, 0.6) is 0 Å². The lowest BCUT2D eigenvalue weighted by atomic mass is 9.97. The first-order chi connectivity index (χ1) is 11.5. The summed E-state index contributed by atoms with van der Waals surface area (Å²) in [6.07, 6.45) is 5.03. The molecule has 0 radical (unpaired) electrons. The van der Waals surface area contributed by atoms with Gasteiger partial charge in [0.15, 0.2) is 0 Å². The molecule has 0 aromatic carbocycles. The van der Waals surface area contributed by atoms with Crippen LogP contribution in [-0.2, 0) is 9.59 Å². The van der Waals surface area contributed by atoms with E-state index in [0.717, 1.165) is 38.8 Å². The molecule has 3 aliphatic rings. The number of nitrogens with one attached hydrogen (secondary N) is 2. The zero-order valence-corrected chi connectivity index (χ0v) is 15.9. The summed E-state index contributed by atoms with van der Waals surface area (Å²) in [5, 5.41) is 6.14. The monoisotopic (exact) mass is 372 g/mol. The van der Waals surface area contributed by atoms with Crippen LogP contribution in [-0.4, -0.2) is 64.9 Å². The molecule has 2 aliphatic heterocycles. The molecule has 8 heteroatoms. The second-order valence-electron chi connectivity index (χ2n) is 7.25. The number of amides is 4. The van der Waals surface area contributed by atoms with E-state index < -0.39 is 17.6 Å². The van der Waals surface area contributed by atoms with Gasteiger partial charge >= 0.3 is 6.03 Å². The SMILES string of the molecule is CCCN(C(=O)C(C)N1C(=O)NC2(CCCC2)C1=O)C1CCNC1.Cl. The first-order valence-electron chi connectivity index (χ1n) is 9.17. The van der Waals surface area contributed by atoms with Gasteiger partial charge in [0.25, 0.3) is 5.91 Å². The lowest BCUT2D eigenvalue weighted by Gasteiger charge is -2.33. The predicted molar refractivity (Wildman–Crippen MR) is 96.6 cm³/mol. The highest BCUT2D eigenvalue weighted by molar-refractivity contribution is 6.10. The van der Waals surface area contributed by atoms with E-state index in [0.29, 0.717) is 19.4 Å². The number of hydrogen-bond acceptors (Lipinski definition) is 4. The van der Waals surface area contributed by atoms with Crippen molar-refractivity contribution in [1.82, 2.24) is 20.4 Å². The summed E-state index contributed by atoms with van der Waals surface area (Å²) in [6.45, 7) is 6.05. The Bertz CT molecular complexity index is 530. The number of imide groups is 1. The van der Waals surface area contributed by atoms with E-state index in [1.165, 1.54) is 4.90 Å². The molecule has 1 spiro atoms. The first-order valence-corrected chi connectivity index (χ1v) is 9.17. The minimum atomic E-state index is -0.754. The molecule has 0 bridgehead atoms. The molecule has 0 aromatic rings. The number of urea groups is 1. The van der Waals surface area contributed by atoms with Crippen LogP contribution in [0.3, 0.4) is 0 Å². The van der Waals surface area contributed by atoms with E-state index in [2.05, 4.69) is 10.6 Å². The molecule has 2 atom stereocenters.